The van der Waals surface area contributed by atoms with Gasteiger partial charge in [0, 0.05) is 25.1 Å². The first-order valence-electron chi connectivity index (χ1n) is 10.5. The van der Waals surface area contributed by atoms with Gasteiger partial charge in [-0.1, -0.05) is 43.0 Å². The van der Waals surface area contributed by atoms with E-state index >= 15 is 0 Å². The van der Waals surface area contributed by atoms with E-state index in [1.54, 1.807) is 11.3 Å². The van der Waals surface area contributed by atoms with Crippen LogP contribution in [0.15, 0.2) is 48.5 Å². The van der Waals surface area contributed by atoms with Crippen molar-refractivity contribution >= 4 is 21.6 Å². The highest BCUT2D eigenvalue weighted by molar-refractivity contribution is 7.18. The highest BCUT2D eigenvalue weighted by Gasteiger charge is 2.26. The lowest BCUT2D eigenvalue weighted by Gasteiger charge is -2.31. The van der Waals surface area contributed by atoms with Crippen LogP contribution in [0.4, 0.5) is 0 Å². The molecule has 1 fully saturated rings. The number of benzene rings is 2. The molecule has 0 bridgehead atoms. The predicted octanol–water partition coefficient (Wildman–Crippen LogP) is 5.65. The molecule has 4 rings (SSSR count). The van der Waals surface area contributed by atoms with Gasteiger partial charge in [0.1, 0.15) is 11.1 Å². The summed E-state index contributed by atoms with van der Waals surface area (Å²) in [6, 6.07) is 16.8. The van der Waals surface area contributed by atoms with Crippen molar-refractivity contribution in [1.82, 2.24) is 9.88 Å². The maximum atomic E-state index is 6.70. The van der Waals surface area contributed by atoms with Gasteiger partial charge in [0.05, 0.1) is 16.3 Å². The van der Waals surface area contributed by atoms with Crippen LogP contribution in [0.5, 0.6) is 0 Å². The van der Waals surface area contributed by atoms with Crippen molar-refractivity contribution in [3.05, 3.63) is 64.7 Å². The molecule has 1 aliphatic heterocycles. The molecule has 4 heteroatoms. The number of likely N-dealkylation sites (tertiary alicyclic amines) is 1. The first kappa shape index (κ1) is 20.1. The van der Waals surface area contributed by atoms with Crippen LogP contribution in [0, 0.1) is 11.8 Å². The lowest BCUT2D eigenvalue weighted by atomic mass is 10.0. The Balaban J connectivity index is 1.66. The van der Waals surface area contributed by atoms with Crippen LogP contribution in [0.1, 0.15) is 54.8 Å². The van der Waals surface area contributed by atoms with E-state index in [0.717, 1.165) is 60.4 Å². The fraction of sp³-hybridized carbons (Fsp3) is 0.400. The SMILES string of the molecule is CCCC#Cc1cccc(C(OC2CCN(C)CC2)c2nc3ccccc3s2)c1. The normalized spacial score (nSPS) is 16.5. The standard InChI is InChI=1S/C25H28N2OS/c1-3-4-5-9-19-10-8-11-20(18-19)24(28-21-14-16-27(2)17-15-21)25-26-22-12-6-7-13-23(22)29-25/h6-8,10-13,18,21,24H,3-4,14-17H2,1-2H3. The molecule has 0 radical (unpaired) electrons. The third kappa shape index (κ3) is 5.05. The van der Waals surface area contributed by atoms with Gasteiger partial charge in [-0.05, 0) is 56.1 Å². The lowest BCUT2D eigenvalue weighted by Crippen LogP contribution is -2.35. The van der Waals surface area contributed by atoms with Gasteiger partial charge in [0.15, 0.2) is 0 Å². The Bertz CT molecular complexity index is 975. The average molecular weight is 405 g/mol. The minimum atomic E-state index is -0.145. The molecule has 0 N–H and O–H groups in total. The molecule has 3 aromatic rings. The van der Waals surface area contributed by atoms with Crippen molar-refractivity contribution in [2.24, 2.45) is 0 Å². The highest BCUT2D eigenvalue weighted by Crippen LogP contribution is 2.35. The second kappa shape index (κ2) is 9.54. The number of thiazole rings is 1. The number of fused-ring (bicyclic) bond motifs is 1. The molecule has 0 aliphatic carbocycles. The molecule has 1 unspecified atom stereocenters. The number of aromatic nitrogens is 1. The number of unbranched alkanes of at least 4 members (excludes halogenated alkanes) is 1. The largest absolute Gasteiger partial charge is 0.363 e. The molecule has 1 saturated heterocycles. The van der Waals surface area contributed by atoms with Crippen LogP contribution in [0.25, 0.3) is 10.2 Å². The van der Waals surface area contributed by atoms with Gasteiger partial charge in [-0.25, -0.2) is 4.98 Å². The zero-order valence-corrected chi connectivity index (χ0v) is 18.0. The Labute approximate surface area is 177 Å². The van der Waals surface area contributed by atoms with Gasteiger partial charge < -0.3 is 9.64 Å². The number of rotatable bonds is 5. The molecule has 1 aromatic heterocycles. The van der Waals surface area contributed by atoms with Gasteiger partial charge in [0.2, 0.25) is 0 Å². The van der Waals surface area contributed by atoms with Gasteiger partial charge in [-0.3, -0.25) is 0 Å². The van der Waals surface area contributed by atoms with E-state index in [-0.39, 0.29) is 12.2 Å². The second-order valence-corrected chi connectivity index (χ2v) is 8.78. The molecular weight excluding hydrogens is 376 g/mol. The number of nitrogens with zero attached hydrogens (tertiary/aromatic N) is 2. The van der Waals surface area contributed by atoms with Crippen molar-refractivity contribution in [3.8, 4) is 11.8 Å². The van der Waals surface area contributed by atoms with Crippen LogP contribution < -0.4 is 0 Å². The molecule has 29 heavy (non-hydrogen) atoms. The molecule has 3 nitrogen and oxygen atoms in total. The van der Waals surface area contributed by atoms with Crippen LogP contribution >= 0.6 is 11.3 Å². The van der Waals surface area contributed by atoms with Gasteiger partial charge >= 0.3 is 0 Å². The Morgan fingerprint density at radius 2 is 2.00 bits per heavy atom. The minimum absolute atomic E-state index is 0.145. The molecule has 1 aliphatic rings. The maximum Gasteiger partial charge on any atom is 0.134 e. The third-order valence-corrected chi connectivity index (χ3v) is 6.41. The smallest absolute Gasteiger partial charge is 0.134 e. The Morgan fingerprint density at radius 1 is 1.17 bits per heavy atom. The molecule has 0 spiro atoms. The summed E-state index contributed by atoms with van der Waals surface area (Å²) in [7, 11) is 2.18. The van der Waals surface area contributed by atoms with E-state index in [1.807, 2.05) is 6.07 Å². The summed E-state index contributed by atoms with van der Waals surface area (Å²) in [5, 5.41) is 1.03. The number of para-hydroxylation sites is 1. The summed E-state index contributed by atoms with van der Waals surface area (Å²) in [6.07, 6.45) is 4.26. The predicted molar refractivity (Wildman–Crippen MR) is 121 cm³/mol. The summed E-state index contributed by atoms with van der Waals surface area (Å²) in [4.78, 5) is 7.29. The first-order valence-corrected chi connectivity index (χ1v) is 11.3. The second-order valence-electron chi connectivity index (χ2n) is 7.72. The molecule has 2 aromatic carbocycles. The lowest BCUT2D eigenvalue weighted by molar-refractivity contribution is -0.0234. The van der Waals surface area contributed by atoms with E-state index in [0.29, 0.717) is 0 Å². The zero-order valence-electron chi connectivity index (χ0n) is 17.2. The van der Waals surface area contributed by atoms with Crippen molar-refractivity contribution < 1.29 is 4.74 Å². The number of ether oxygens (including phenoxy) is 1. The minimum Gasteiger partial charge on any atom is -0.363 e. The molecule has 0 saturated carbocycles. The van der Waals surface area contributed by atoms with Crippen molar-refractivity contribution in [1.29, 1.82) is 0 Å². The number of hydrogen-bond acceptors (Lipinski definition) is 4. The summed E-state index contributed by atoms with van der Waals surface area (Å²) in [5.41, 5.74) is 3.24. The topological polar surface area (TPSA) is 25.4 Å². The molecule has 2 heterocycles. The van der Waals surface area contributed by atoms with Crippen LogP contribution in [0.2, 0.25) is 0 Å². The molecule has 1 atom stereocenters. The molecular formula is C25H28N2OS. The van der Waals surface area contributed by atoms with Gasteiger partial charge in [-0.15, -0.1) is 11.3 Å². The number of piperidine rings is 1. The summed E-state index contributed by atoms with van der Waals surface area (Å²) in [5.74, 6) is 6.55. The molecule has 150 valence electrons. The maximum absolute atomic E-state index is 6.70. The van der Waals surface area contributed by atoms with Crippen molar-refractivity contribution in [2.45, 2.75) is 44.8 Å². The van der Waals surface area contributed by atoms with E-state index < -0.39 is 0 Å². The van der Waals surface area contributed by atoms with Crippen molar-refractivity contribution in [3.63, 3.8) is 0 Å². The van der Waals surface area contributed by atoms with E-state index in [1.165, 1.54) is 4.70 Å². The third-order valence-electron chi connectivity index (χ3n) is 5.33. The Kier molecular flexibility index (Phi) is 6.61. The zero-order chi connectivity index (χ0) is 20.1. The van der Waals surface area contributed by atoms with Crippen LogP contribution in [-0.2, 0) is 4.74 Å². The van der Waals surface area contributed by atoms with E-state index in [2.05, 4.69) is 73.2 Å². The monoisotopic (exact) mass is 404 g/mol. The quantitative estimate of drug-likeness (QED) is 0.514. The van der Waals surface area contributed by atoms with E-state index in [4.69, 9.17) is 9.72 Å². The summed E-state index contributed by atoms with van der Waals surface area (Å²) >= 11 is 1.73. The first-order chi connectivity index (χ1) is 14.2. The van der Waals surface area contributed by atoms with E-state index in [9.17, 15) is 0 Å². The van der Waals surface area contributed by atoms with Gasteiger partial charge in [0.25, 0.3) is 0 Å². The van der Waals surface area contributed by atoms with Crippen molar-refractivity contribution in [2.75, 3.05) is 20.1 Å². The van der Waals surface area contributed by atoms with Gasteiger partial charge in [-0.2, -0.15) is 0 Å². The summed E-state index contributed by atoms with van der Waals surface area (Å²) < 4.78 is 7.90. The summed E-state index contributed by atoms with van der Waals surface area (Å²) in [6.45, 7) is 4.32. The molecule has 0 amide bonds. The fourth-order valence-corrected chi connectivity index (χ4v) is 4.70. The Morgan fingerprint density at radius 3 is 2.79 bits per heavy atom. The average Bonchev–Trinajstić information content (AvgIpc) is 3.17. The highest BCUT2D eigenvalue weighted by atomic mass is 32.1. The number of hydrogen-bond donors (Lipinski definition) is 0. The van der Waals surface area contributed by atoms with Crippen LogP contribution in [-0.4, -0.2) is 36.1 Å². The Hall–Kier alpha value is -2.19. The fourth-order valence-electron chi connectivity index (χ4n) is 3.66. The van der Waals surface area contributed by atoms with Crippen LogP contribution in [0.3, 0.4) is 0 Å².